The minimum atomic E-state index is -3.53. The van der Waals surface area contributed by atoms with Crippen molar-refractivity contribution in [2.24, 2.45) is 0 Å². The van der Waals surface area contributed by atoms with Crippen LogP contribution in [-0.4, -0.2) is 8.42 Å². The largest absolute Gasteiger partial charge is 0.241 e. The molecular formula is C15H16BrNO2S. The number of hydrogen-bond donors (Lipinski definition) is 1. The molecule has 1 N–H and O–H groups in total. The summed E-state index contributed by atoms with van der Waals surface area (Å²) in [5.74, 6) is 0. The average Bonchev–Trinajstić information content (AvgIpc) is 2.38. The fourth-order valence-corrected chi connectivity index (χ4v) is 3.89. The van der Waals surface area contributed by atoms with E-state index in [0.29, 0.717) is 0 Å². The van der Waals surface area contributed by atoms with E-state index in [0.717, 1.165) is 15.6 Å². The second-order valence-corrected chi connectivity index (χ2v) is 7.29. The van der Waals surface area contributed by atoms with Crippen LogP contribution in [0.5, 0.6) is 0 Å². The van der Waals surface area contributed by atoms with Gasteiger partial charge < -0.3 is 0 Å². The lowest BCUT2D eigenvalue weighted by Crippen LogP contribution is -2.27. The number of halogens is 1. The van der Waals surface area contributed by atoms with Crippen LogP contribution in [0.3, 0.4) is 0 Å². The monoisotopic (exact) mass is 353 g/mol. The Bertz CT molecular complexity index is 713. The summed E-state index contributed by atoms with van der Waals surface area (Å²) in [6, 6.07) is 14.1. The third-order valence-corrected chi connectivity index (χ3v) is 5.12. The van der Waals surface area contributed by atoms with Crippen LogP contribution in [0.25, 0.3) is 0 Å². The standard InChI is InChI=1S/C15H16BrNO2S/c1-11-6-3-4-9-15(11)12(2)17-20(18,19)14-8-5-7-13(16)10-14/h3-10,12,17H,1-2H3. The van der Waals surface area contributed by atoms with Crippen LogP contribution in [0.4, 0.5) is 0 Å². The lowest BCUT2D eigenvalue weighted by Gasteiger charge is -2.16. The van der Waals surface area contributed by atoms with Crippen molar-refractivity contribution in [2.75, 3.05) is 0 Å². The molecule has 0 saturated carbocycles. The number of nitrogens with one attached hydrogen (secondary N) is 1. The summed E-state index contributed by atoms with van der Waals surface area (Å²) in [6.07, 6.45) is 0. The molecular weight excluding hydrogens is 338 g/mol. The molecule has 3 nitrogen and oxygen atoms in total. The summed E-state index contributed by atoms with van der Waals surface area (Å²) < 4.78 is 28.1. The van der Waals surface area contributed by atoms with Gasteiger partial charge >= 0.3 is 0 Å². The van der Waals surface area contributed by atoms with Gasteiger partial charge in [-0.2, -0.15) is 0 Å². The van der Waals surface area contributed by atoms with E-state index in [4.69, 9.17) is 0 Å². The molecule has 20 heavy (non-hydrogen) atoms. The van der Waals surface area contributed by atoms with Crippen LogP contribution >= 0.6 is 15.9 Å². The van der Waals surface area contributed by atoms with Gasteiger partial charge in [-0.1, -0.05) is 46.3 Å². The fraction of sp³-hybridized carbons (Fsp3) is 0.200. The summed E-state index contributed by atoms with van der Waals surface area (Å²) in [5.41, 5.74) is 2.04. The maximum atomic E-state index is 12.3. The van der Waals surface area contributed by atoms with E-state index >= 15 is 0 Å². The summed E-state index contributed by atoms with van der Waals surface area (Å²) >= 11 is 3.29. The summed E-state index contributed by atoms with van der Waals surface area (Å²) in [6.45, 7) is 3.82. The van der Waals surface area contributed by atoms with Crippen LogP contribution in [0.1, 0.15) is 24.1 Å². The molecule has 0 amide bonds. The van der Waals surface area contributed by atoms with E-state index < -0.39 is 10.0 Å². The minimum absolute atomic E-state index is 0.257. The molecule has 0 saturated heterocycles. The zero-order valence-electron chi connectivity index (χ0n) is 11.3. The van der Waals surface area contributed by atoms with Crippen LogP contribution in [-0.2, 0) is 10.0 Å². The zero-order chi connectivity index (χ0) is 14.8. The van der Waals surface area contributed by atoms with Crippen LogP contribution in [0.15, 0.2) is 57.9 Å². The van der Waals surface area contributed by atoms with E-state index in [1.807, 2.05) is 38.1 Å². The molecule has 2 rings (SSSR count). The van der Waals surface area contributed by atoms with Crippen molar-refractivity contribution in [3.8, 4) is 0 Å². The summed E-state index contributed by atoms with van der Waals surface area (Å²) in [4.78, 5) is 0.257. The van der Waals surface area contributed by atoms with Gasteiger partial charge in [0.1, 0.15) is 0 Å². The number of rotatable bonds is 4. The second-order valence-electron chi connectivity index (χ2n) is 4.66. The Hall–Kier alpha value is -1.17. The molecule has 1 unspecified atom stereocenters. The Morgan fingerprint density at radius 1 is 1.10 bits per heavy atom. The van der Waals surface area contributed by atoms with E-state index in [9.17, 15) is 8.42 Å². The molecule has 0 heterocycles. The average molecular weight is 354 g/mol. The molecule has 5 heteroatoms. The van der Waals surface area contributed by atoms with Gasteiger partial charge in [-0.3, -0.25) is 0 Å². The highest BCUT2D eigenvalue weighted by molar-refractivity contribution is 9.10. The quantitative estimate of drug-likeness (QED) is 0.908. The van der Waals surface area contributed by atoms with Crippen molar-refractivity contribution >= 4 is 26.0 Å². The Labute approximate surface area is 128 Å². The number of aryl methyl sites for hydroxylation is 1. The topological polar surface area (TPSA) is 46.2 Å². The van der Waals surface area contributed by atoms with Gasteiger partial charge in [0.15, 0.2) is 0 Å². The van der Waals surface area contributed by atoms with Crippen LogP contribution < -0.4 is 4.72 Å². The molecule has 0 radical (unpaired) electrons. The molecule has 2 aromatic rings. The summed E-state index contributed by atoms with van der Waals surface area (Å²) in [7, 11) is -3.53. The van der Waals surface area contributed by atoms with E-state index in [2.05, 4.69) is 20.7 Å². The minimum Gasteiger partial charge on any atom is -0.207 e. The number of sulfonamides is 1. The molecule has 0 aliphatic rings. The highest BCUT2D eigenvalue weighted by atomic mass is 79.9. The predicted molar refractivity (Wildman–Crippen MR) is 84.1 cm³/mol. The SMILES string of the molecule is Cc1ccccc1C(C)NS(=O)(=O)c1cccc(Br)c1. The predicted octanol–water partition coefficient (Wildman–Crippen LogP) is 3.80. The lowest BCUT2D eigenvalue weighted by molar-refractivity contribution is 0.566. The van der Waals surface area contributed by atoms with Gasteiger partial charge in [-0.05, 0) is 43.2 Å². The van der Waals surface area contributed by atoms with E-state index in [-0.39, 0.29) is 10.9 Å². The number of hydrogen-bond acceptors (Lipinski definition) is 2. The maximum absolute atomic E-state index is 12.3. The van der Waals surface area contributed by atoms with Crippen LogP contribution in [0.2, 0.25) is 0 Å². The van der Waals surface area contributed by atoms with Crippen molar-refractivity contribution in [2.45, 2.75) is 24.8 Å². The molecule has 0 aliphatic heterocycles. The van der Waals surface area contributed by atoms with Crippen LogP contribution in [0, 0.1) is 6.92 Å². The molecule has 106 valence electrons. The second kappa shape index (κ2) is 6.08. The zero-order valence-corrected chi connectivity index (χ0v) is 13.7. The van der Waals surface area contributed by atoms with Crippen molar-refractivity contribution < 1.29 is 8.42 Å². The third-order valence-electron chi connectivity index (χ3n) is 3.09. The normalized spacial score (nSPS) is 13.2. The first-order valence-electron chi connectivity index (χ1n) is 6.23. The third kappa shape index (κ3) is 3.48. The highest BCUT2D eigenvalue weighted by Gasteiger charge is 2.19. The van der Waals surface area contributed by atoms with Gasteiger partial charge in [0.25, 0.3) is 0 Å². The van der Waals surface area contributed by atoms with Gasteiger partial charge in [0, 0.05) is 10.5 Å². The Morgan fingerprint density at radius 3 is 2.45 bits per heavy atom. The molecule has 1 atom stereocenters. The Morgan fingerprint density at radius 2 is 1.80 bits per heavy atom. The molecule has 2 aromatic carbocycles. The first-order valence-corrected chi connectivity index (χ1v) is 8.51. The molecule has 0 fully saturated rings. The first-order chi connectivity index (χ1) is 9.40. The van der Waals surface area contributed by atoms with Crippen molar-refractivity contribution in [3.05, 3.63) is 64.1 Å². The van der Waals surface area contributed by atoms with Gasteiger partial charge in [0.05, 0.1) is 4.90 Å². The van der Waals surface area contributed by atoms with E-state index in [1.165, 1.54) is 0 Å². The van der Waals surface area contributed by atoms with Gasteiger partial charge in [0.2, 0.25) is 10.0 Å². The molecule has 0 aliphatic carbocycles. The highest BCUT2D eigenvalue weighted by Crippen LogP contribution is 2.21. The first kappa shape index (κ1) is 15.2. The van der Waals surface area contributed by atoms with Gasteiger partial charge in [-0.25, -0.2) is 13.1 Å². The molecule has 0 spiro atoms. The molecule has 0 bridgehead atoms. The lowest BCUT2D eigenvalue weighted by atomic mass is 10.0. The van der Waals surface area contributed by atoms with Gasteiger partial charge in [-0.15, -0.1) is 0 Å². The number of benzene rings is 2. The van der Waals surface area contributed by atoms with Crippen molar-refractivity contribution in [3.63, 3.8) is 0 Å². The smallest absolute Gasteiger partial charge is 0.207 e. The van der Waals surface area contributed by atoms with Crippen molar-refractivity contribution in [1.82, 2.24) is 4.72 Å². The Balaban J connectivity index is 2.27. The Kier molecular flexibility index (Phi) is 4.62. The fourth-order valence-electron chi connectivity index (χ4n) is 2.07. The summed E-state index contributed by atoms with van der Waals surface area (Å²) in [5, 5.41) is 0. The van der Waals surface area contributed by atoms with Crippen molar-refractivity contribution in [1.29, 1.82) is 0 Å². The molecule has 0 aromatic heterocycles. The maximum Gasteiger partial charge on any atom is 0.241 e. The van der Waals surface area contributed by atoms with E-state index in [1.54, 1.807) is 24.3 Å².